The molecule has 0 spiro atoms. The van der Waals surface area contributed by atoms with Crippen LogP contribution in [-0.4, -0.2) is 12.1 Å². The van der Waals surface area contributed by atoms with Crippen molar-refractivity contribution < 1.29 is 4.74 Å². The van der Waals surface area contributed by atoms with E-state index in [1.807, 2.05) is 24.3 Å². The van der Waals surface area contributed by atoms with Crippen LogP contribution in [0.4, 0.5) is 0 Å². The van der Waals surface area contributed by atoms with Gasteiger partial charge in [0.2, 0.25) is 0 Å². The molecule has 1 heterocycles. The molecule has 0 aliphatic carbocycles. The molecular formula is C15H16N2OS. The van der Waals surface area contributed by atoms with E-state index in [2.05, 4.69) is 24.9 Å². The molecule has 0 saturated carbocycles. The van der Waals surface area contributed by atoms with Crippen LogP contribution in [0.5, 0.6) is 5.75 Å². The van der Waals surface area contributed by atoms with Crippen LogP contribution >= 0.6 is 11.3 Å². The molecule has 0 saturated heterocycles. The van der Waals surface area contributed by atoms with Crippen molar-refractivity contribution in [2.24, 2.45) is 0 Å². The number of methoxy groups -OCH3 is 1. The van der Waals surface area contributed by atoms with Crippen molar-refractivity contribution in [3.8, 4) is 22.4 Å². The molecular weight excluding hydrogens is 256 g/mol. The van der Waals surface area contributed by atoms with Gasteiger partial charge in [-0.2, -0.15) is 5.26 Å². The summed E-state index contributed by atoms with van der Waals surface area (Å²) in [6.45, 7) is 4.20. The number of nitriles is 1. The molecule has 98 valence electrons. The zero-order valence-electron chi connectivity index (χ0n) is 11.3. The topological polar surface area (TPSA) is 45.9 Å². The molecule has 0 atom stereocenters. The van der Waals surface area contributed by atoms with Gasteiger partial charge in [0.05, 0.1) is 25.3 Å². The van der Waals surface area contributed by atoms with Gasteiger partial charge in [-0.1, -0.05) is 26.0 Å². The molecule has 0 aliphatic rings. The van der Waals surface area contributed by atoms with Gasteiger partial charge in [0, 0.05) is 10.4 Å². The van der Waals surface area contributed by atoms with Gasteiger partial charge in [0.1, 0.15) is 10.8 Å². The first kappa shape index (κ1) is 13.6. The fraction of sp³-hybridized carbons (Fsp3) is 0.333. The number of thiazole rings is 1. The number of benzene rings is 1. The number of ether oxygens (including phenoxy) is 1. The molecule has 0 amide bonds. The van der Waals surface area contributed by atoms with E-state index >= 15 is 0 Å². The zero-order chi connectivity index (χ0) is 13.8. The fourth-order valence-electron chi connectivity index (χ4n) is 1.89. The van der Waals surface area contributed by atoms with Crippen molar-refractivity contribution in [3.63, 3.8) is 0 Å². The van der Waals surface area contributed by atoms with E-state index in [4.69, 9.17) is 10.00 Å². The third kappa shape index (κ3) is 2.94. The van der Waals surface area contributed by atoms with Gasteiger partial charge in [-0.15, -0.1) is 11.3 Å². The Hall–Kier alpha value is -1.86. The lowest BCUT2D eigenvalue weighted by atomic mass is 10.1. The lowest BCUT2D eigenvalue weighted by Crippen LogP contribution is -1.92. The summed E-state index contributed by atoms with van der Waals surface area (Å²) in [4.78, 5) is 5.75. The Morgan fingerprint density at radius 3 is 2.84 bits per heavy atom. The predicted octanol–water partition coefficient (Wildman–Crippen LogP) is 4.01. The summed E-state index contributed by atoms with van der Waals surface area (Å²) in [5.74, 6) is 1.15. The van der Waals surface area contributed by atoms with E-state index in [1.54, 1.807) is 18.4 Å². The van der Waals surface area contributed by atoms with Crippen molar-refractivity contribution in [2.75, 3.05) is 7.11 Å². The Bertz CT molecular complexity index is 611. The maximum absolute atomic E-state index is 8.90. The van der Waals surface area contributed by atoms with E-state index in [-0.39, 0.29) is 0 Å². The highest BCUT2D eigenvalue weighted by atomic mass is 32.1. The number of hydrogen-bond donors (Lipinski definition) is 0. The van der Waals surface area contributed by atoms with Crippen LogP contribution in [0.3, 0.4) is 0 Å². The second kappa shape index (κ2) is 5.85. The van der Waals surface area contributed by atoms with Crippen LogP contribution in [0.1, 0.15) is 30.3 Å². The first-order valence-electron chi connectivity index (χ1n) is 6.16. The molecule has 2 aromatic rings. The SMILES string of the molecule is COc1cccc(-c2nc(C(C)C)c(CC#N)s2)c1. The lowest BCUT2D eigenvalue weighted by Gasteiger charge is -2.02. The van der Waals surface area contributed by atoms with E-state index in [9.17, 15) is 0 Å². The average Bonchev–Trinajstić information content (AvgIpc) is 2.83. The summed E-state index contributed by atoms with van der Waals surface area (Å²) in [5.41, 5.74) is 2.07. The van der Waals surface area contributed by atoms with Crippen molar-refractivity contribution in [1.29, 1.82) is 5.26 Å². The first-order chi connectivity index (χ1) is 9.15. The van der Waals surface area contributed by atoms with Crippen LogP contribution in [0.15, 0.2) is 24.3 Å². The minimum Gasteiger partial charge on any atom is -0.497 e. The van der Waals surface area contributed by atoms with Gasteiger partial charge < -0.3 is 4.74 Å². The summed E-state index contributed by atoms with van der Waals surface area (Å²) in [7, 11) is 1.65. The second-order valence-corrected chi connectivity index (χ2v) is 5.63. The molecule has 4 heteroatoms. The Kier molecular flexibility index (Phi) is 4.18. The van der Waals surface area contributed by atoms with E-state index in [0.717, 1.165) is 26.9 Å². The maximum atomic E-state index is 8.90. The summed E-state index contributed by atoms with van der Waals surface area (Å²) < 4.78 is 5.23. The average molecular weight is 272 g/mol. The number of nitrogens with zero attached hydrogens (tertiary/aromatic N) is 2. The van der Waals surface area contributed by atoms with Gasteiger partial charge in [-0.25, -0.2) is 4.98 Å². The highest BCUT2D eigenvalue weighted by Gasteiger charge is 2.15. The molecule has 1 aromatic heterocycles. The Morgan fingerprint density at radius 1 is 1.42 bits per heavy atom. The Morgan fingerprint density at radius 2 is 2.21 bits per heavy atom. The van der Waals surface area contributed by atoms with Gasteiger partial charge in [0.25, 0.3) is 0 Å². The van der Waals surface area contributed by atoms with Crippen molar-refractivity contribution in [1.82, 2.24) is 4.98 Å². The standard InChI is InChI=1S/C15H16N2OS/c1-10(2)14-13(7-8-16)19-15(17-14)11-5-4-6-12(9-11)18-3/h4-6,9-10H,7H2,1-3H3. The number of rotatable bonds is 4. The molecule has 0 radical (unpaired) electrons. The van der Waals surface area contributed by atoms with Crippen LogP contribution in [0.2, 0.25) is 0 Å². The minimum absolute atomic E-state index is 0.332. The van der Waals surface area contributed by atoms with Crippen molar-refractivity contribution in [2.45, 2.75) is 26.2 Å². The van der Waals surface area contributed by atoms with E-state index in [0.29, 0.717) is 12.3 Å². The quantitative estimate of drug-likeness (QED) is 0.844. The fourth-order valence-corrected chi connectivity index (χ4v) is 3.04. The summed E-state index contributed by atoms with van der Waals surface area (Å²) in [6.07, 6.45) is 0.426. The smallest absolute Gasteiger partial charge is 0.124 e. The molecule has 0 bridgehead atoms. The Labute approximate surface area is 117 Å². The lowest BCUT2D eigenvalue weighted by molar-refractivity contribution is 0.415. The largest absolute Gasteiger partial charge is 0.497 e. The van der Waals surface area contributed by atoms with E-state index in [1.165, 1.54) is 0 Å². The van der Waals surface area contributed by atoms with Crippen LogP contribution in [-0.2, 0) is 6.42 Å². The normalized spacial score (nSPS) is 10.5. The van der Waals surface area contributed by atoms with Crippen molar-refractivity contribution >= 4 is 11.3 Å². The zero-order valence-corrected chi connectivity index (χ0v) is 12.1. The molecule has 0 aliphatic heterocycles. The number of aromatic nitrogens is 1. The van der Waals surface area contributed by atoms with Crippen LogP contribution in [0.25, 0.3) is 10.6 Å². The van der Waals surface area contributed by atoms with Crippen LogP contribution < -0.4 is 4.74 Å². The monoisotopic (exact) mass is 272 g/mol. The Balaban J connectivity index is 2.45. The summed E-state index contributed by atoms with van der Waals surface area (Å²) in [6, 6.07) is 10.1. The number of hydrogen-bond acceptors (Lipinski definition) is 4. The third-order valence-corrected chi connectivity index (χ3v) is 3.95. The molecule has 0 unspecified atom stereocenters. The molecule has 1 aromatic carbocycles. The maximum Gasteiger partial charge on any atom is 0.124 e. The minimum atomic E-state index is 0.332. The second-order valence-electron chi connectivity index (χ2n) is 4.55. The van der Waals surface area contributed by atoms with Gasteiger partial charge in [0.15, 0.2) is 0 Å². The molecule has 0 N–H and O–H groups in total. The highest BCUT2D eigenvalue weighted by molar-refractivity contribution is 7.15. The summed E-state index contributed by atoms with van der Waals surface area (Å²) in [5, 5.41) is 9.85. The van der Waals surface area contributed by atoms with Gasteiger partial charge in [-0.05, 0) is 18.1 Å². The van der Waals surface area contributed by atoms with Gasteiger partial charge in [-0.3, -0.25) is 0 Å². The van der Waals surface area contributed by atoms with Crippen molar-refractivity contribution in [3.05, 3.63) is 34.8 Å². The predicted molar refractivity (Wildman–Crippen MR) is 77.5 cm³/mol. The molecule has 3 nitrogen and oxygen atoms in total. The van der Waals surface area contributed by atoms with Gasteiger partial charge >= 0.3 is 0 Å². The van der Waals surface area contributed by atoms with Crippen LogP contribution in [0, 0.1) is 11.3 Å². The molecule has 2 rings (SSSR count). The molecule has 0 fully saturated rings. The first-order valence-corrected chi connectivity index (χ1v) is 6.98. The highest BCUT2D eigenvalue weighted by Crippen LogP contribution is 2.33. The molecule has 19 heavy (non-hydrogen) atoms. The third-order valence-electron chi connectivity index (χ3n) is 2.83. The summed E-state index contributed by atoms with van der Waals surface area (Å²) >= 11 is 1.60. The van der Waals surface area contributed by atoms with E-state index < -0.39 is 0 Å².